The number of fused-ring (bicyclic) bond motifs is 3. The highest BCUT2D eigenvalue weighted by molar-refractivity contribution is 5.79. The fraction of sp³-hybridized carbons (Fsp3) is 0.269. The first-order valence-electron chi connectivity index (χ1n) is 10.7. The number of likely N-dealkylation sites (tertiary alicyclic amines) is 1. The number of hydrogen-bond acceptors (Lipinski definition) is 4. The van der Waals surface area contributed by atoms with Crippen LogP contribution in [0.5, 0.6) is 0 Å². The number of ether oxygens (including phenoxy) is 1. The van der Waals surface area contributed by atoms with Crippen molar-refractivity contribution in [2.75, 3.05) is 19.7 Å². The molecule has 32 heavy (non-hydrogen) atoms. The van der Waals surface area contributed by atoms with Crippen LogP contribution in [0.25, 0.3) is 11.1 Å². The molecule has 1 aliphatic heterocycles. The van der Waals surface area contributed by atoms with Gasteiger partial charge in [0.1, 0.15) is 6.61 Å². The maximum atomic E-state index is 13.0. The molecule has 0 unspecified atom stereocenters. The lowest BCUT2D eigenvalue weighted by Gasteiger charge is -2.27. The minimum atomic E-state index is -0.938. The van der Waals surface area contributed by atoms with Gasteiger partial charge in [0.05, 0.1) is 5.92 Å². The molecule has 1 fully saturated rings. The van der Waals surface area contributed by atoms with E-state index in [1.165, 1.54) is 16.0 Å². The molecule has 3 aromatic rings. The zero-order chi connectivity index (χ0) is 22.3. The van der Waals surface area contributed by atoms with Gasteiger partial charge >= 0.3 is 12.1 Å². The second-order valence-corrected chi connectivity index (χ2v) is 8.71. The molecule has 0 spiro atoms. The van der Waals surface area contributed by atoms with Crippen LogP contribution in [0.15, 0.2) is 72.9 Å². The van der Waals surface area contributed by atoms with E-state index >= 15 is 0 Å². The van der Waals surface area contributed by atoms with Crippen LogP contribution in [0.3, 0.4) is 0 Å². The van der Waals surface area contributed by atoms with E-state index in [1.54, 1.807) is 12.3 Å². The van der Waals surface area contributed by atoms with Gasteiger partial charge in [-0.25, -0.2) is 4.79 Å². The lowest BCUT2D eigenvalue weighted by molar-refractivity contribution is -0.142. The maximum absolute atomic E-state index is 13.0. The molecule has 2 aromatic carbocycles. The molecule has 5 rings (SSSR count). The number of carboxylic acids is 1. The molecule has 0 saturated carbocycles. The Labute approximate surface area is 186 Å². The second kappa shape index (κ2) is 7.79. The summed E-state index contributed by atoms with van der Waals surface area (Å²) in [6.45, 7) is 2.41. The first kappa shape index (κ1) is 20.2. The van der Waals surface area contributed by atoms with Gasteiger partial charge < -0.3 is 14.7 Å². The van der Waals surface area contributed by atoms with Gasteiger partial charge in [-0.15, -0.1) is 0 Å². The number of aromatic nitrogens is 1. The van der Waals surface area contributed by atoms with Gasteiger partial charge in [0, 0.05) is 36.3 Å². The Morgan fingerprint density at radius 2 is 1.66 bits per heavy atom. The molecule has 2 heterocycles. The van der Waals surface area contributed by atoms with Gasteiger partial charge in [0.25, 0.3) is 0 Å². The van der Waals surface area contributed by atoms with E-state index in [-0.39, 0.29) is 25.6 Å². The zero-order valence-electron chi connectivity index (χ0n) is 17.8. The maximum Gasteiger partial charge on any atom is 0.409 e. The first-order chi connectivity index (χ1) is 15.5. The summed E-state index contributed by atoms with van der Waals surface area (Å²) in [6, 6.07) is 21.8. The summed E-state index contributed by atoms with van der Waals surface area (Å²) in [5.74, 6) is -1.73. The molecule has 1 aliphatic carbocycles. The Bertz CT molecular complexity index is 1130. The summed E-state index contributed by atoms with van der Waals surface area (Å²) in [7, 11) is 0. The summed E-state index contributed by atoms with van der Waals surface area (Å²) in [5.41, 5.74) is 4.51. The van der Waals surface area contributed by atoms with Gasteiger partial charge in [-0.3, -0.25) is 9.78 Å². The molecule has 162 valence electrons. The van der Waals surface area contributed by atoms with Crippen molar-refractivity contribution in [3.8, 4) is 11.1 Å². The van der Waals surface area contributed by atoms with Crippen LogP contribution in [-0.4, -0.2) is 46.7 Å². The Kier molecular flexibility index (Phi) is 4.93. The Morgan fingerprint density at radius 1 is 1.03 bits per heavy atom. The lowest BCUT2D eigenvalue weighted by Crippen LogP contribution is -2.37. The summed E-state index contributed by atoms with van der Waals surface area (Å²) < 4.78 is 5.75. The fourth-order valence-corrected chi connectivity index (χ4v) is 5.13. The number of amides is 1. The predicted molar refractivity (Wildman–Crippen MR) is 119 cm³/mol. The van der Waals surface area contributed by atoms with Crippen LogP contribution in [0.2, 0.25) is 0 Å². The van der Waals surface area contributed by atoms with E-state index in [0.717, 1.165) is 11.1 Å². The average molecular weight is 428 g/mol. The summed E-state index contributed by atoms with van der Waals surface area (Å²) >= 11 is 0. The molecule has 1 aromatic heterocycles. The molecule has 6 nitrogen and oxygen atoms in total. The van der Waals surface area contributed by atoms with Crippen molar-refractivity contribution in [2.24, 2.45) is 5.92 Å². The Balaban J connectivity index is 1.35. The van der Waals surface area contributed by atoms with E-state index in [0.29, 0.717) is 5.69 Å². The quantitative estimate of drug-likeness (QED) is 0.670. The van der Waals surface area contributed by atoms with Crippen molar-refractivity contribution in [3.05, 3.63) is 89.7 Å². The van der Waals surface area contributed by atoms with Gasteiger partial charge in [0.2, 0.25) is 0 Å². The summed E-state index contributed by atoms with van der Waals surface area (Å²) in [4.78, 5) is 30.9. The highest BCUT2D eigenvalue weighted by atomic mass is 16.6. The molecule has 1 N–H and O–H groups in total. The number of carboxylic acid groups (broad SMARTS) is 1. The number of aliphatic carboxylic acids is 1. The average Bonchev–Trinajstić information content (AvgIpc) is 3.35. The smallest absolute Gasteiger partial charge is 0.409 e. The number of rotatable bonds is 4. The molecule has 6 heteroatoms. The lowest BCUT2D eigenvalue weighted by atomic mass is 9.77. The standard InChI is InChI=1S/C26H24N2O4/c1-26(23-12-6-7-13-27-23)16-28(14-22(26)24(29)30)25(31)32-15-21-19-10-4-2-8-17(19)18-9-3-5-11-20(18)21/h2-13,21-22H,14-16H2,1H3,(H,29,30)/t22-,26+/m1/s1. The molecular formula is C26H24N2O4. The normalized spacial score (nSPS) is 21.8. The topological polar surface area (TPSA) is 79.7 Å². The molecule has 0 radical (unpaired) electrons. The third-order valence-corrected chi connectivity index (χ3v) is 6.83. The van der Waals surface area contributed by atoms with Crippen LogP contribution in [0.4, 0.5) is 4.79 Å². The fourth-order valence-electron chi connectivity index (χ4n) is 5.13. The van der Waals surface area contributed by atoms with Crippen LogP contribution in [0, 0.1) is 5.92 Å². The van der Waals surface area contributed by atoms with Crippen molar-refractivity contribution in [2.45, 2.75) is 18.3 Å². The van der Waals surface area contributed by atoms with Crippen molar-refractivity contribution in [1.82, 2.24) is 9.88 Å². The zero-order valence-corrected chi connectivity index (χ0v) is 17.8. The van der Waals surface area contributed by atoms with Crippen molar-refractivity contribution in [1.29, 1.82) is 0 Å². The van der Waals surface area contributed by atoms with Crippen LogP contribution in [0.1, 0.15) is 29.7 Å². The van der Waals surface area contributed by atoms with Crippen LogP contribution in [-0.2, 0) is 14.9 Å². The molecule has 0 bridgehead atoms. The Morgan fingerprint density at radius 3 is 2.25 bits per heavy atom. The van der Waals surface area contributed by atoms with Gasteiger partial charge in [-0.2, -0.15) is 0 Å². The Hall–Kier alpha value is -3.67. The van der Waals surface area contributed by atoms with Crippen LogP contribution < -0.4 is 0 Å². The van der Waals surface area contributed by atoms with E-state index in [2.05, 4.69) is 29.2 Å². The van der Waals surface area contributed by atoms with E-state index in [1.807, 2.05) is 43.3 Å². The van der Waals surface area contributed by atoms with E-state index in [4.69, 9.17) is 4.74 Å². The molecule has 2 aliphatic rings. The molecule has 2 atom stereocenters. The highest BCUT2D eigenvalue weighted by Crippen LogP contribution is 2.45. The number of hydrogen-bond donors (Lipinski definition) is 1. The number of nitrogens with zero attached hydrogens (tertiary/aromatic N) is 2. The number of pyridine rings is 1. The summed E-state index contributed by atoms with van der Waals surface area (Å²) in [5, 5.41) is 9.82. The molecule has 1 amide bonds. The van der Waals surface area contributed by atoms with Crippen molar-refractivity contribution in [3.63, 3.8) is 0 Å². The van der Waals surface area contributed by atoms with Crippen molar-refractivity contribution < 1.29 is 19.4 Å². The highest BCUT2D eigenvalue weighted by Gasteiger charge is 2.51. The third kappa shape index (κ3) is 3.23. The van der Waals surface area contributed by atoms with Crippen molar-refractivity contribution >= 4 is 12.1 Å². The monoisotopic (exact) mass is 428 g/mol. The van der Waals surface area contributed by atoms with Gasteiger partial charge in [-0.1, -0.05) is 61.5 Å². The van der Waals surface area contributed by atoms with Crippen LogP contribution >= 0.6 is 0 Å². The minimum Gasteiger partial charge on any atom is -0.481 e. The van der Waals surface area contributed by atoms with E-state index < -0.39 is 23.4 Å². The van der Waals surface area contributed by atoms with Gasteiger partial charge in [-0.05, 0) is 34.4 Å². The second-order valence-electron chi connectivity index (χ2n) is 8.71. The molecule has 1 saturated heterocycles. The third-order valence-electron chi connectivity index (χ3n) is 6.83. The van der Waals surface area contributed by atoms with Gasteiger partial charge in [0.15, 0.2) is 0 Å². The minimum absolute atomic E-state index is 0.0357. The summed E-state index contributed by atoms with van der Waals surface area (Å²) in [6.07, 6.45) is 1.16. The number of carbonyl (C=O) groups excluding carboxylic acids is 1. The predicted octanol–water partition coefficient (Wildman–Crippen LogP) is 4.30. The number of carbonyl (C=O) groups is 2. The molecular weight excluding hydrogens is 404 g/mol. The number of benzene rings is 2. The SMILES string of the molecule is C[C@]1(c2ccccn2)CN(C(=O)OCC2c3ccccc3-c3ccccc32)C[C@@H]1C(=O)O. The van der Waals surface area contributed by atoms with E-state index in [9.17, 15) is 14.7 Å². The first-order valence-corrected chi connectivity index (χ1v) is 10.7. The largest absolute Gasteiger partial charge is 0.481 e.